The molecule has 0 aromatic heterocycles. The van der Waals surface area contributed by atoms with Gasteiger partial charge in [-0.3, -0.25) is 9.59 Å². The van der Waals surface area contributed by atoms with Crippen molar-refractivity contribution < 1.29 is 29.6 Å². The summed E-state index contributed by atoms with van der Waals surface area (Å²) >= 11 is 0. The van der Waals surface area contributed by atoms with E-state index < -0.39 is 35.7 Å². The van der Waals surface area contributed by atoms with Crippen LogP contribution >= 0.6 is 0 Å². The minimum atomic E-state index is -2.01. The third-order valence-corrected chi connectivity index (χ3v) is 4.14. The fraction of sp³-hybridized carbons (Fsp3) is 0.857. The number of ether oxygens (including phenoxy) is 1. The first kappa shape index (κ1) is 18.8. The molecule has 1 rings (SSSR count). The zero-order chi connectivity index (χ0) is 16.8. The van der Waals surface area contributed by atoms with E-state index in [2.05, 4.69) is 0 Å². The van der Waals surface area contributed by atoms with Crippen molar-refractivity contribution in [2.24, 2.45) is 11.5 Å². The molecule has 1 aliphatic rings. The van der Waals surface area contributed by atoms with Crippen molar-refractivity contribution in [3.05, 3.63) is 0 Å². The third-order valence-electron chi connectivity index (χ3n) is 4.14. The van der Waals surface area contributed by atoms with Gasteiger partial charge in [0.05, 0.1) is 0 Å². The van der Waals surface area contributed by atoms with Gasteiger partial charge in [0.25, 0.3) is 5.91 Å². The smallest absolute Gasteiger partial charge is 0.252 e. The molecule has 1 heterocycles. The Hall–Kier alpha value is -1.22. The maximum atomic E-state index is 11.9. The highest BCUT2D eigenvalue weighted by Gasteiger charge is 2.50. The number of amides is 2. The molecule has 1 saturated heterocycles. The van der Waals surface area contributed by atoms with Gasteiger partial charge in [-0.15, -0.1) is 0 Å². The first-order valence-electron chi connectivity index (χ1n) is 7.60. The number of nitrogens with two attached hydrogens (primary N) is 2. The molecule has 1 aliphatic heterocycles. The molecule has 2 amide bonds. The molecular weight excluding hydrogens is 292 g/mol. The Kier molecular flexibility index (Phi) is 7.21. The SMILES string of the molecule is NC(=O)[C@@H](O)[C@H](O)[C@H](O)[C@@]1(C(N)=O)CCCCCCCCO1. The molecule has 128 valence electrons. The predicted molar refractivity (Wildman–Crippen MR) is 77.4 cm³/mol. The Morgan fingerprint density at radius 2 is 1.50 bits per heavy atom. The Morgan fingerprint density at radius 3 is 2.05 bits per heavy atom. The predicted octanol–water partition coefficient (Wildman–Crippen LogP) is -1.46. The van der Waals surface area contributed by atoms with E-state index in [9.17, 15) is 24.9 Å². The Bertz CT molecular complexity index is 380. The van der Waals surface area contributed by atoms with Crippen LogP contribution in [-0.2, 0) is 14.3 Å². The van der Waals surface area contributed by atoms with Crippen molar-refractivity contribution in [2.75, 3.05) is 6.61 Å². The van der Waals surface area contributed by atoms with Crippen LogP contribution in [0.5, 0.6) is 0 Å². The number of carbonyl (C=O) groups is 2. The number of aliphatic hydroxyl groups excluding tert-OH is 3. The van der Waals surface area contributed by atoms with E-state index in [1.165, 1.54) is 0 Å². The maximum absolute atomic E-state index is 11.9. The largest absolute Gasteiger partial charge is 0.387 e. The van der Waals surface area contributed by atoms with Gasteiger partial charge in [0.2, 0.25) is 5.91 Å². The molecule has 0 radical (unpaired) electrons. The average molecular weight is 318 g/mol. The van der Waals surface area contributed by atoms with Crippen molar-refractivity contribution in [3.8, 4) is 0 Å². The van der Waals surface area contributed by atoms with Crippen LogP contribution in [0.2, 0.25) is 0 Å². The highest BCUT2D eigenvalue weighted by Crippen LogP contribution is 2.29. The number of carbonyl (C=O) groups excluding carboxylic acids is 2. The quantitative estimate of drug-likeness (QED) is 0.417. The minimum Gasteiger partial charge on any atom is -0.387 e. The molecule has 0 bridgehead atoms. The highest BCUT2D eigenvalue weighted by atomic mass is 16.5. The third kappa shape index (κ3) is 4.39. The molecule has 0 aliphatic carbocycles. The monoisotopic (exact) mass is 318 g/mol. The molecule has 0 aromatic rings. The lowest BCUT2D eigenvalue weighted by molar-refractivity contribution is -0.191. The lowest BCUT2D eigenvalue weighted by Gasteiger charge is -2.38. The minimum absolute atomic E-state index is 0.103. The molecule has 0 spiro atoms. The molecule has 0 unspecified atom stereocenters. The van der Waals surface area contributed by atoms with Gasteiger partial charge in [0.1, 0.15) is 12.2 Å². The number of aliphatic hydroxyl groups is 3. The Balaban J connectivity index is 2.98. The lowest BCUT2D eigenvalue weighted by Crippen LogP contribution is -2.62. The fourth-order valence-electron chi connectivity index (χ4n) is 2.71. The van der Waals surface area contributed by atoms with Crippen molar-refractivity contribution in [2.45, 2.75) is 68.9 Å². The van der Waals surface area contributed by atoms with Crippen LogP contribution in [-0.4, -0.2) is 57.7 Å². The van der Waals surface area contributed by atoms with Gasteiger partial charge in [-0.2, -0.15) is 0 Å². The number of rotatable bonds is 5. The van der Waals surface area contributed by atoms with Gasteiger partial charge in [0, 0.05) is 6.61 Å². The molecule has 22 heavy (non-hydrogen) atoms. The standard InChI is InChI=1S/C14H26N2O6/c15-12(20)10(18)9(17)11(19)14(13(16)21)7-5-3-1-2-4-6-8-22-14/h9-11,17-19H,1-8H2,(H2,15,20)(H2,16,21)/t9-,10-,11-,14+/m0/s1. The van der Waals surface area contributed by atoms with Gasteiger partial charge < -0.3 is 31.5 Å². The van der Waals surface area contributed by atoms with Gasteiger partial charge >= 0.3 is 0 Å². The summed E-state index contributed by atoms with van der Waals surface area (Å²) in [5, 5.41) is 29.8. The van der Waals surface area contributed by atoms with E-state index in [1.807, 2.05) is 0 Å². The second kappa shape index (κ2) is 8.42. The van der Waals surface area contributed by atoms with E-state index in [1.54, 1.807) is 0 Å². The summed E-state index contributed by atoms with van der Waals surface area (Å²) < 4.78 is 5.53. The van der Waals surface area contributed by atoms with Gasteiger partial charge in [-0.1, -0.05) is 25.7 Å². The number of hydrogen-bond donors (Lipinski definition) is 5. The average Bonchev–Trinajstić information content (AvgIpc) is 2.49. The summed E-state index contributed by atoms with van der Waals surface area (Å²) in [5.74, 6) is -2.14. The van der Waals surface area contributed by atoms with E-state index in [-0.39, 0.29) is 13.0 Å². The van der Waals surface area contributed by atoms with Crippen LogP contribution < -0.4 is 11.5 Å². The molecule has 0 saturated carbocycles. The lowest BCUT2D eigenvalue weighted by atomic mass is 9.84. The van der Waals surface area contributed by atoms with Gasteiger partial charge in [-0.25, -0.2) is 0 Å². The summed E-state index contributed by atoms with van der Waals surface area (Å²) in [6.45, 7) is 0.194. The molecule has 8 nitrogen and oxygen atoms in total. The van der Waals surface area contributed by atoms with Crippen molar-refractivity contribution in [3.63, 3.8) is 0 Å². The van der Waals surface area contributed by atoms with Crippen LogP contribution in [0.1, 0.15) is 44.9 Å². The molecule has 0 aromatic carbocycles. The Morgan fingerprint density at radius 1 is 0.955 bits per heavy atom. The number of primary amides is 2. The van der Waals surface area contributed by atoms with E-state index in [4.69, 9.17) is 16.2 Å². The van der Waals surface area contributed by atoms with Crippen LogP contribution in [0.25, 0.3) is 0 Å². The zero-order valence-corrected chi connectivity index (χ0v) is 12.6. The van der Waals surface area contributed by atoms with Crippen molar-refractivity contribution in [1.29, 1.82) is 0 Å². The molecule has 4 atom stereocenters. The summed E-state index contributed by atoms with van der Waals surface area (Å²) in [4.78, 5) is 22.9. The summed E-state index contributed by atoms with van der Waals surface area (Å²) in [6.07, 6.45) is -0.612. The van der Waals surface area contributed by atoms with Crippen LogP contribution in [0, 0.1) is 0 Å². The van der Waals surface area contributed by atoms with Crippen molar-refractivity contribution in [1.82, 2.24) is 0 Å². The van der Waals surface area contributed by atoms with E-state index >= 15 is 0 Å². The highest BCUT2D eigenvalue weighted by molar-refractivity contribution is 5.85. The summed E-state index contributed by atoms with van der Waals surface area (Å²) in [6, 6.07) is 0. The maximum Gasteiger partial charge on any atom is 0.252 e. The second-order valence-corrected chi connectivity index (χ2v) is 5.76. The van der Waals surface area contributed by atoms with Crippen molar-refractivity contribution >= 4 is 11.8 Å². The Labute approximate surface area is 129 Å². The zero-order valence-electron chi connectivity index (χ0n) is 12.6. The van der Waals surface area contributed by atoms with Gasteiger partial charge in [0.15, 0.2) is 11.7 Å². The molecule has 7 N–H and O–H groups in total. The van der Waals surface area contributed by atoms with Crippen LogP contribution in [0.3, 0.4) is 0 Å². The van der Waals surface area contributed by atoms with E-state index in [0.717, 1.165) is 25.7 Å². The molecule has 1 fully saturated rings. The molecular formula is C14H26N2O6. The summed E-state index contributed by atoms with van der Waals surface area (Å²) in [7, 11) is 0. The number of hydrogen-bond acceptors (Lipinski definition) is 6. The summed E-state index contributed by atoms with van der Waals surface area (Å²) in [5.41, 5.74) is 8.46. The topological polar surface area (TPSA) is 156 Å². The first-order chi connectivity index (χ1) is 10.3. The molecule has 8 heteroatoms. The fourth-order valence-corrected chi connectivity index (χ4v) is 2.71. The van der Waals surface area contributed by atoms with Crippen LogP contribution in [0.4, 0.5) is 0 Å². The normalized spacial score (nSPS) is 28.3. The van der Waals surface area contributed by atoms with Crippen LogP contribution in [0.15, 0.2) is 0 Å². The second-order valence-electron chi connectivity index (χ2n) is 5.76. The first-order valence-corrected chi connectivity index (χ1v) is 7.60. The van der Waals surface area contributed by atoms with E-state index in [0.29, 0.717) is 12.8 Å². The van der Waals surface area contributed by atoms with Gasteiger partial charge in [-0.05, 0) is 19.3 Å².